The number of anilines is 1. The molecule has 0 bridgehead atoms. The van der Waals surface area contributed by atoms with Gasteiger partial charge in [0.1, 0.15) is 6.33 Å². The van der Waals surface area contributed by atoms with E-state index in [-0.39, 0.29) is 17.6 Å². The van der Waals surface area contributed by atoms with E-state index >= 15 is 0 Å². The number of aromatic nitrogens is 3. The Labute approximate surface area is 146 Å². The maximum absolute atomic E-state index is 13.1. The van der Waals surface area contributed by atoms with Crippen LogP contribution in [0.15, 0.2) is 36.7 Å². The van der Waals surface area contributed by atoms with E-state index in [1.54, 1.807) is 11.9 Å². The van der Waals surface area contributed by atoms with Gasteiger partial charge in [-0.15, -0.1) is 5.10 Å². The number of benzene rings is 1. The van der Waals surface area contributed by atoms with Crippen LogP contribution in [0.5, 0.6) is 0 Å². The number of likely N-dealkylation sites (tertiary alicyclic amines) is 1. The molecular weight excluding hydrogens is 318 g/mol. The van der Waals surface area contributed by atoms with Crippen molar-refractivity contribution in [1.82, 2.24) is 19.7 Å². The first kappa shape index (κ1) is 15.8. The van der Waals surface area contributed by atoms with E-state index in [1.165, 1.54) is 11.0 Å². The Bertz CT molecular complexity index is 803. The number of para-hydroxylation sites is 1. The van der Waals surface area contributed by atoms with E-state index in [4.69, 9.17) is 0 Å². The van der Waals surface area contributed by atoms with Gasteiger partial charge in [0.15, 0.2) is 0 Å². The highest BCUT2D eigenvalue weighted by atomic mass is 16.2. The Hall–Kier alpha value is -2.70. The van der Waals surface area contributed by atoms with Gasteiger partial charge in [0.05, 0.1) is 5.41 Å². The van der Waals surface area contributed by atoms with E-state index in [0.717, 1.165) is 24.9 Å². The largest absolute Gasteiger partial charge is 0.335 e. The van der Waals surface area contributed by atoms with Gasteiger partial charge in [-0.2, -0.15) is 0 Å². The third-order valence-electron chi connectivity index (χ3n) is 5.24. The molecule has 3 heterocycles. The third-order valence-corrected chi connectivity index (χ3v) is 5.24. The Morgan fingerprint density at radius 1 is 1.16 bits per heavy atom. The minimum atomic E-state index is -0.474. The molecule has 0 N–H and O–H groups in total. The molecule has 1 spiro atoms. The fourth-order valence-corrected chi connectivity index (χ4v) is 3.94. The Balaban J connectivity index is 1.54. The van der Waals surface area contributed by atoms with Gasteiger partial charge in [0.25, 0.3) is 5.91 Å². The molecule has 2 aliphatic heterocycles. The summed E-state index contributed by atoms with van der Waals surface area (Å²) in [4.78, 5) is 33.5. The Morgan fingerprint density at radius 2 is 1.96 bits per heavy atom. The molecule has 4 rings (SSSR count). The maximum Gasteiger partial charge on any atom is 0.293 e. The second kappa shape index (κ2) is 5.98. The molecule has 1 aromatic carbocycles. The Morgan fingerprint density at radius 3 is 2.68 bits per heavy atom. The van der Waals surface area contributed by atoms with Crippen LogP contribution in [0.4, 0.5) is 5.69 Å². The van der Waals surface area contributed by atoms with Crippen molar-refractivity contribution in [3.63, 3.8) is 0 Å². The smallest absolute Gasteiger partial charge is 0.293 e. The lowest BCUT2D eigenvalue weighted by molar-refractivity contribution is -0.127. The van der Waals surface area contributed by atoms with Crippen molar-refractivity contribution in [2.75, 3.05) is 24.5 Å². The first-order valence-corrected chi connectivity index (χ1v) is 8.61. The highest BCUT2D eigenvalue weighted by Crippen LogP contribution is 2.41. The highest BCUT2D eigenvalue weighted by molar-refractivity contribution is 6.00. The normalized spacial score (nSPS) is 23.5. The van der Waals surface area contributed by atoms with Crippen LogP contribution >= 0.6 is 0 Å². The van der Waals surface area contributed by atoms with E-state index in [2.05, 4.69) is 10.1 Å². The Kier molecular flexibility index (Phi) is 3.78. The van der Waals surface area contributed by atoms with Crippen LogP contribution in [-0.4, -0.2) is 51.1 Å². The average Bonchev–Trinajstić information content (AvgIpc) is 3.20. The van der Waals surface area contributed by atoms with E-state index in [9.17, 15) is 9.59 Å². The van der Waals surface area contributed by atoms with Gasteiger partial charge >= 0.3 is 0 Å². The molecule has 130 valence electrons. The number of piperidine rings is 1. The molecule has 7 heteroatoms. The van der Waals surface area contributed by atoms with E-state index in [0.29, 0.717) is 19.6 Å². The molecule has 1 aromatic heterocycles. The lowest BCUT2D eigenvalue weighted by Gasteiger charge is -2.38. The molecule has 2 fully saturated rings. The van der Waals surface area contributed by atoms with Gasteiger partial charge in [0.2, 0.25) is 11.7 Å². The maximum atomic E-state index is 13.1. The van der Waals surface area contributed by atoms with Crippen LogP contribution in [0.25, 0.3) is 0 Å². The SMILES string of the molecule is Cn1cnc(C(=O)N2CCC[C@]3(CCN(c4ccccc4)C3=O)C2)n1. The summed E-state index contributed by atoms with van der Waals surface area (Å²) in [5.74, 6) is 0.140. The molecule has 2 aromatic rings. The summed E-state index contributed by atoms with van der Waals surface area (Å²) in [5.41, 5.74) is 0.456. The average molecular weight is 339 g/mol. The minimum Gasteiger partial charge on any atom is -0.335 e. The quantitative estimate of drug-likeness (QED) is 0.831. The molecule has 0 saturated carbocycles. The fraction of sp³-hybridized carbons (Fsp3) is 0.444. The van der Waals surface area contributed by atoms with Crippen LogP contribution in [0, 0.1) is 5.41 Å². The second-order valence-electron chi connectivity index (χ2n) is 6.89. The van der Waals surface area contributed by atoms with Gasteiger partial charge < -0.3 is 9.80 Å². The molecule has 0 radical (unpaired) electrons. The summed E-state index contributed by atoms with van der Waals surface area (Å²) in [6, 6.07) is 9.75. The molecule has 1 atom stereocenters. The van der Waals surface area contributed by atoms with Crippen molar-refractivity contribution < 1.29 is 9.59 Å². The molecule has 25 heavy (non-hydrogen) atoms. The van der Waals surface area contributed by atoms with Gasteiger partial charge in [-0.25, -0.2) is 4.98 Å². The summed E-state index contributed by atoms with van der Waals surface area (Å²) in [6.07, 6.45) is 3.95. The summed E-state index contributed by atoms with van der Waals surface area (Å²) in [5, 5.41) is 4.10. The molecule has 0 unspecified atom stereocenters. The van der Waals surface area contributed by atoms with Crippen molar-refractivity contribution >= 4 is 17.5 Å². The summed E-state index contributed by atoms with van der Waals surface area (Å²) < 4.78 is 1.52. The monoisotopic (exact) mass is 339 g/mol. The van der Waals surface area contributed by atoms with Crippen molar-refractivity contribution in [3.8, 4) is 0 Å². The number of aryl methyl sites for hydroxylation is 1. The van der Waals surface area contributed by atoms with Crippen LogP contribution in [0.3, 0.4) is 0 Å². The predicted octanol–water partition coefficient (Wildman–Crippen LogP) is 1.47. The van der Waals surface area contributed by atoms with Gasteiger partial charge in [-0.1, -0.05) is 18.2 Å². The summed E-state index contributed by atoms with van der Waals surface area (Å²) in [7, 11) is 1.74. The number of hydrogen-bond acceptors (Lipinski definition) is 4. The number of amides is 2. The number of carbonyl (C=O) groups excluding carboxylic acids is 2. The molecule has 2 saturated heterocycles. The summed E-state index contributed by atoms with van der Waals surface area (Å²) >= 11 is 0. The zero-order chi connectivity index (χ0) is 17.4. The van der Waals surface area contributed by atoms with Crippen LogP contribution in [-0.2, 0) is 11.8 Å². The van der Waals surface area contributed by atoms with Crippen molar-refractivity contribution in [3.05, 3.63) is 42.5 Å². The topological polar surface area (TPSA) is 71.3 Å². The number of nitrogens with zero attached hydrogens (tertiary/aromatic N) is 5. The molecular formula is C18H21N5O2. The van der Waals surface area contributed by atoms with Gasteiger partial charge in [0, 0.05) is 32.4 Å². The molecule has 2 aliphatic rings. The lowest BCUT2D eigenvalue weighted by atomic mass is 9.78. The van der Waals surface area contributed by atoms with Crippen molar-refractivity contribution in [2.45, 2.75) is 19.3 Å². The molecule has 7 nitrogen and oxygen atoms in total. The van der Waals surface area contributed by atoms with Crippen LogP contribution in [0.2, 0.25) is 0 Å². The van der Waals surface area contributed by atoms with Crippen LogP contribution < -0.4 is 4.90 Å². The molecule has 2 amide bonds. The third kappa shape index (κ3) is 2.69. The predicted molar refractivity (Wildman–Crippen MR) is 92.0 cm³/mol. The van der Waals surface area contributed by atoms with Gasteiger partial charge in [-0.05, 0) is 31.4 Å². The highest BCUT2D eigenvalue weighted by Gasteiger charge is 2.50. The van der Waals surface area contributed by atoms with Crippen LogP contribution in [0.1, 0.15) is 29.9 Å². The lowest BCUT2D eigenvalue weighted by Crippen LogP contribution is -2.50. The standard InChI is InChI=1S/C18H21N5O2/c1-21-13-19-15(20-21)16(24)22-10-5-8-18(12-22)9-11-23(17(18)25)14-6-3-2-4-7-14/h2-4,6-7,13H,5,8-12H2,1H3/t18-/m0/s1. The second-order valence-corrected chi connectivity index (χ2v) is 6.89. The minimum absolute atomic E-state index is 0.130. The number of rotatable bonds is 2. The zero-order valence-corrected chi connectivity index (χ0v) is 14.3. The number of carbonyl (C=O) groups is 2. The number of hydrogen-bond donors (Lipinski definition) is 0. The van der Waals surface area contributed by atoms with Crippen molar-refractivity contribution in [2.24, 2.45) is 12.5 Å². The zero-order valence-electron chi connectivity index (χ0n) is 14.3. The van der Waals surface area contributed by atoms with E-state index in [1.807, 2.05) is 35.2 Å². The molecule has 0 aliphatic carbocycles. The first-order chi connectivity index (χ1) is 12.1. The summed E-state index contributed by atoms with van der Waals surface area (Å²) in [6.45, 7) is 1.80. The van der Waals surface area contributed by atoms with Crippen molar-refractivity contribution in [1.29, 1.82) is 0 Å². The van der Waals surface area contributed by atoms with Gasteiger partial charge in [-0.3, -0.25) is 14.3 Å². The first-order valence-electron chi connectivity index (χ1n) is 8.61. The fourth-order valence-electron chi connectivity index (χ4n) is 3.94. The van der Waals surface area contributed by atoms with E-state index < -0.39 is 5.41 Å².